The number of benzene rings is 1. The Morgan fingerprint density at radius 3 is 2.80 bits per heavy atom. The third kappa shape index (κ3) is 5.73. The third-order valence-electron chi connectivity index (χ3n) is 9.35. The van der Waals surface area contributed by atoms with Crippen LogP contribution in [0.15, 0.2) is 24.8 Å². The maximum atomic E-state index is 15.8. The molecule has 1 aromatic heterocycles. The van der Waals surface area contributed by atoms with Gasteiger partial charge in [0, 0.05) is 62.7 Å². The molecule has 44 heavy (non-hydrogen) atoms. The lowest BCUT2D eigenvalue weighted by atomic mass is 9.99. The number of hydrogen-bond donors (Lipinski definition) is 0. The number of carbonyl (C=O) groups is 1. The van der Waals surface area contributed by atoms with E-state index in [1.165, 1.54) is 6.08 Å². The number of halogens is 2. The number of carbonyl (C=O) groups excluding carboxylic acids is 1. The van der Waals surface area contributed by atoms with E-state index in [9.17, 15) is 10.1 Å². The Kier molecular flexibility index (Phi) is 8.74. The molecule has 0 bridgehead atoms. The average Bonchev–Trinajstić information content (AvgIpc) is 3.44. The second-order valence-electron chi connectivity index (χ2n) is 12.0. The molecule has 12 heteroatoms. The molecule has 0 saturated carbocycles. The predicted octanol–water partition coefficient (Wildman–Crippen LogP) is 3.86. The number of amides is 1. The molecule has 2 atom stereocenters. The van der Waals surface area contributed by atoms with Crippen molar-refractivity contribution in [3.8, 4) is 17.7 Å². The summed E-state index contributed by atoms with van der Waals surface area (Å²) in [5.74, 6) is 0.470. The highest BCUT2D eigenvalue weighted by Crippen LogP contribution is 2.46. The van der Waals surface area contributed by atoms with E-state index in [0.717, 1.165) is 36.3 Å². The quantitative estimate of drug-likeness (QED) is 0.427. The lowest BCUT2D eigenvalue weighted by Gasteiger charge is -2.43. The van der Waals surface area contributed by atoms with E-state index in [4.69, 9.17) is 26.1 Å². The molecule has 4 aliphatic heterocycles. The fraction of sp³-hybridized carbons (Fsp3) is 0.531. The highest BCUT2D eigenvalue weighted by Gasteiger charge is 2.35. The van der Waals surface area contributed by atoms with E-state index in [0.29, 0.717) is 87.9 Å². The number of pyridine rings is 1. The Bertz CT molecular complexity index is 1480. The Labute approximate surface area is 263 Å². The van der Waals surface area contributed by atoms with Crippen molar-refractivity contribution in [1.82, 2.24) is 14.8 Å². The van der Waals surface area contributed by atoms with Crippen molar-refractivity contribution in [3.05, 3.63) is 46.9 Å². The standard InChI is InChI=1S/C32H39ClFN7O3/c1-4-29(42)41-13-12-39(18-21(41)7-9-35)26-17-28(44-20-22-6-5-10-37(22)2)36-25-19-40(11-8-23(25)26)32-30(34)24(33)16-27-31(32)38(3)14-15-43-27/h4,16-17,21-22H,1,5-8,10-15,18-20H2,2-3H3/t21-,22-/m0/s1. The summed E-state index contributed by atoms with van der Waals surface area (Å²) >= 11 is 6.37. The van der Waals surface area contributed by atoms with E-state index < -0.39 is 5.82 Å². The van der Waals surface area contributed by atoms with Crippen molar-refractivity contribution < 1.29 is 18.7 Å². The number of aromatic nitrogens is 1. The van der Waals surface area contributed by atoms with Gasteiger partial charge in [0.2, 0.25) is 11.8 Å². The van der Waals surface area contributed by atoms with E-state index in [2.05, 4.69) is 29.5 Å². The molecule has 0 aliphatic carbocycles. The molecule has 0 spiro atoms. The lowest BCUT2D eigenvalue weighted by Crippen LogP contribution is -2.55. The summed E-state index contributed by atoms with van der Waals surface area (Å²) in [5.41, 5.74) is 4.00. The number of nitriles is 1. The second kappa shape index (κ2) is 12.7. The van der Waals surface area contributed by atoms with Gasteiger partial charge in [-0.25, -0.2) is 9.37 Å². The van der Waals surface area contributed by atoms with Crippen LogP contribution in [0.3, 0.4) is 0 Å². The minimum atomic E-state index is -0.467. The number of likely N-dealkylation sites (N-methyl/N-ethyl adjacent to an activating group) is 2. The van der Waals surface area contributed by atoms with Gasteiger partial charge >= 0.3 is 0 Å². The second-order valence-corrected chi connectivity index (χ2v) is 12.4. The molecule has 0 unspecified atom stereocenters. The van der Waals surface area contributed by atoms with Crippen LogP contribution in [0.5, 0.6) is 11.6 Å². The predicted molar refractivity (Wildman–Crippen MR) is 168 cm³/mol. The zero-order valence-electron chi connectivity index (χ0n) is 25.4. The first-order valence-electron chi connectivity index (χ1n) is 15.3. The number of fused-ring (bicyclic) bond motifs is 2. The Balaban J connectivity index is 1.35. The summed E-state index contributed by atoms with van der Waals surface area (Å²) in [4.78, 5) is 27.8. The first-order chi connectivity index (χ1) is 21.3. The topological polar surface area (TPSA) is 88.4 Å². The van der Waals surface area contributed by atoms with Crippen molar-refractivity contribution in [1.29, 1.82) is 5.26 Å². The smallest absolute Gasteiger partial charge is 0.246 e. The van der Waals surface area contributed by atoms with Crippen molar-refractivity contribution in [2.75, 3.05) is 81.3 Å². The molecule has 2 aromatic rings. The molecule has 5 heterocycles. The number of likely N-dealkylation sites (tertiary alicyclic amines) is 1. The molecule has 1 aromatic carbocycles. The molecule has 4 aliphatic rings. The first kappa shape index (κ1) is 30.3. The number of nitrogens with zero attached hydrogens (tertiary/aromatic N) is 7. The largest absolute Gasteiger partial charge is 0.489 e. The normalized spacial score (nSPS) is 21.8. The van der Waals surface area contributed by atoms with Crippen molar-refractivity contribution >= 4 is 34.6 Å². The summed E-state index contributed by atoms with van der Waals surface area (Å²) in [6, 6.07) is 5.86. The van der Waals surface area contributed by atoms with Gasteiger partial charge in [-0.15, -0.1) is 0 Å². The molecular formula is C32H39ClFN7O3. The van der Waals surface area contributed by atoms with Gasteiger partial charge in [0.05, 0.1) is 42.3 Å². The molecule has 10 nitrogen and oxygen atoms in total. The number of hydrogen-bond acceptors (Lipinski definition) is 9. The van der Waals surface area contributed by atoms with Gasteiger partial charge in [0.1, 0.15) is 30.3 Å². The van der Waals surface area contributed by atoms with Crippen LogP contribution >= 0.6 is 11.6 Å². The maximum Gasteiger partial charge on any atom is 0.246 e. The van der Waals surface area contributed by atoms with E-state index in [1.54, 1.807) is 11.0 Å². The van der Waals surface area contributed by atoms with Crippen LogP contribution in [0.25, 0.3) is 0 Å². The van der Waals surface area contributed by atoms with Gasteiger partial charge in [0.25, 0.3) is 0 Å². The Morgan fingerprint density at radius 1 is 1.20 bits per heavy atom. The van der Waals surface area contributed by atoms with Gasteiger partial charge in [0.15, 0.2) is 5.82 Å². The number of rotatable bonds is 7. The fourth-order valence-corrected chi connectivity index (χ4v) is 7.12. The van der Waals surface area contributed by atoms with Crippen LogP contribution in [-0.2, 0) is 17.8 Å². The summed E-state index contributed by atoms with van der Waals surface area (Å²) < 4.78 is 28.0. The monoisotopic (exact) mass is 623 g/mol. The highest BCUT2D eigenvalue weighted by molar-refractivity contribution is 6.31. The highest BCUT2D eigenvalue weighted by atomic mass is 35.5. The van der Waals surface area contributed by atoms with Crippen LogP contribution in [0, 0.1) is 17.1 Å². The van der Waals surface area contributed by atoms with Crippen LogP contribution in [0.4, 0.5) is 21.5 Å². The fourth-order valence-electron chi connectivity index (χ4n) is 6.93. The molecule has 2 saturated heterocycles. The summed E-state index contributed by atoms with van der Waals surface area (Å²) in [7, 11) is 4.05. The van der Waals surface area contributed by atoms with Crippen molar-refractivity contribution in [2.45, 2.75) is 44.3 Å². The molecule has 6 rings (SSSR count). The zero-order chi connectivity index (χ0) is 31.0. The van der Waals surface area contributed by atoms with Gasteiger partial charge < -0.3 is 34.0 Å². The minimum Gasteiger partial charge on any atom is -0.489 e. The first-order valence-corrected chi connectivity index (χ1v) is 15.7. The van der Waals surface area contributed by atoms with E-state index in [1.807, 2.05) is 22.9 Å². The lowest BCUT2D eigenvalue weighted by molar-refractivity contribution is -0.128. The number of piperazine rings is 1. The van der Waals surface area contributed by atoms with Gasteiger partial charge in [-0.2, -0.15) is 5.26 Å². The van der Waals surface area contributed by atoms with Crippen molar-refractivity contribution in [3.63, 3.8) is 0 Å². The summed E-state index contributed by atoms with van der Waals surface area (Å²) in [5, 5.41) is 9.57. The summed E-state index contributed by atoms with van der Waals surface area (Å²) in [6.45, 7) is 8.90. The molecular weight excluding hydrogens is 585 g/mol. The van der Waals surface area contributed by atoms with Gasteiger partial charge in [-0.1, -0.05) is 18.2 Å². The van der Waals surface area contributed by atoms with E-state index >= 15 is 4.39 Å². The Hall–Kier alpha value is -3.75. The van der Waals surface area contributed by atoms with Crippen molar-refractivity contribution in [2.24, 2.45) is 0 Å². The molecule has 0 N–H and O–H groups in total. The third-order valence-corrected chi connectivity index (χ3v) is 9.63. The van der Waals surface area contributed by atoms with E-state index in [-0.39, 0.29) is 23.4 Å². The zero-order valence-corrected chi connectivity index (χ0v) is 26.2. The summed E-state index contributed by atoms with van der Waals surface area (Å²) in [6.07, 6.45) is 4.38. The van der Waals surface area contributed by atoms with Crippen LogP contribution in [0.1, 0.15) is 30.5 Å². The average molecular weight is 624 g/mol. The van der Waals surface area contributed by atoms with Gasteiger partial charge in [-0.05, 0) is 38.9 Å². The number of ether oxygens (including phenoxy) is 2. The minimum absolute atomic E-state index is 0.0294. The Morgan fingerprint density at radius 2 is 2.05 bits per heavy atom. The van der Waals surface area contributed by atoms with Gasteiger partial charge in [-0.3, -0.25) is 4.79 Å². The maximum absolute atomic E-state index is 15.8. The molecule has 234 valence electrons. The van der Waals surface area contributed by atoms with Crippen LogP contribution in [0.2, 0.25) is 5.02 Å². The molecule has 2 fully saturated rings. The number of anilines is 3. The van der Waals surface area contributed by atoms with Crippen LogP contribution in [-0.4, -0.2) is 99.4 Å². The SMILES string of the molecule is C=CC(=O)N1CCN(c2cc(OC[C@@H]3CCCN3C)nc3c2CCN(c2c(F)c(Cl)cc4c2N(C)CCO4)C3)C[C@@H]1CC#N. The molecule has 1 amide bonds. The molecule has 0 radical (unpaired) electrons. The van der Waals surface area contributed by atoms with Crippen LogP contribution < -0.4 is 24.2 Å².